The van der Waals surface area contributed by atoms with Crippen molar-refractivity contribution < 1.29 is 14.3 Å². The quantitative estimate of drug-likeness (QED) is 0.157. The van der Waals surface area contributed by atoms with Gasteiger partial charge in [-0.25, -0.2) is 4.98 Å². The van der Waals surface area contributed by atoms with Crippen LogP contribution in [0.3, 0.4) is 0 Å². The number of rotatable bonds is 11. The van der Waals surface area contributed by atoms with Crippen LogP contribution in [0.25, 0.3) is 39.8 Å². The number of carbonyl (C=O) groups is 1. The molecule has 48 heavy (non-hydrogen) atoms. The van der Waals surface area contributed by atoms with E-state index in [0.717, 1.165) is 63.2 Å². The van der Waals surface area contributed by atoms with E-state index in [2.05, 4.69) is 82.4 Å². The third kappa shape index (κ3) is 8.65. The lowest BCUT2D eigenvalue weighted by molar-refractivity contribution is -0.130. The Morgan fingerprint density at radius 3 is 2.31 bits per heavy atom. The van der Waals surface area contributed by atoms with E-state index in [9.17, 15) is 4.79 Å². The van der Waals surface area contributed by atoms with Crippen LogP contribution in [0.4, 0.5) is 0 Å². The van der Waals surface area contributed by atoms with Crippen LogP contribution in [0.5, 0.6) is 0 Å². The molecule has 0 saturated carbocycles. The smallest absolute Gasteiger partial charge is 0.222 e. The van der Waals surface area contributed by atoms with Gasteiger partial charge in [0.2, 0.25) is 5.91 Å². The molecule has 2 aliphatic heterocycles. The maximum atomic E-state index is 11.1. The topological polar surface area (TPSA) is 96.1 Å². The van der Waals surface area contributed by atoms with Crippen molar-refractivity contribution in [3.63, 3.8) is 0 Å². The highest BCUT2D eigenvalue weighted by atomic mass is 35.5. The van der Waals surface area contributed by atoms with Gasteiger partial charge in [0, 0.05) is 70.8 Å². The number of hydrogen-bond donors (Lipinski definition) is 2. The van der Waals surface area contributed by atoms with Crippen molar-refractivity contribution in [3.8, 4) is 0 Å². The maximum Gasteiger partial charge on any atom is 0.222 e. The van der Waals surface area contributed by atoms with Gasteiger partial charge in [0.05, 0.1) is 37.8 Å². The number of carbonyl (C=O) groups excluding carboxylic acids is 1. The number of aromatic nitrogens is 4. The molecule has 8 nitrogen and oxygen atoms in total. The number of ether oxygens (including phenoxy) is 2. The number of aryl methyl sites for hydroxylation is 3. The Kier molecular flexibility index (Phi) is 13.2. The number of likely N-dealkylation sites (N-methyl/N-ethyl adjacent to an activating group) is 1. The van der Waals surface area contributed by atoms with Crippen molar-refractivity contribution >= 4 is 57.3 Å². The van der Waals surface area contributed by atoms with Crippen molar-refractivity contribution in [3.05, 3.63) is 75.4 Å². The average molecular weight is 674 g/mol. The lowest BCUT2D eigenvalue weighted by atomic mass is 10.0. The molecule has 0 spiro atoms. The Balaban J connectivity index is 0.000000295. The summed E-state index contributed by atoms with van der Waals surface area (Å²) in [5.74, 6) is 1.01. The molecule has 0 aliphatic carbocycles. The van der Waals surface area contributed by atoms with Gasteiger partial charge >= 0.3 is 0 Å². The summed E-state index contributed by atoms with van der Waals surface area (Å²) in [4.78, 5) is 30.2. The second kappa shape index (κ2) is 17.1. The van der Waals surface area contributed by atoms with E-state index in [1.807, 2.05) is 13.0 Å². The number of halogens is 1. The minimum absolute atomic E-state index is 0.136. The number of nitrogens with zero attached hydrogens (tertiary/aromatic N) is 3. The summed E-state index contributed by atoms with van der Waals surface area (Å²) < 4.78 is 10.4. The highest BCUT2D eigenvalue weighted by Crippen LogP contribution is 2.32. The van der Waals surface area contributed by atoms with Crippen LogP contribution >= 0.6 is 11.6 Å². The fraction of sp³-hybridized carbons (Fsp3) is 0.462. The first-order chi connectivity index (χ1) is 23.0. The minimum Gasteiger partial charge on any atom is -0.378 e. The summed E-state index contributed by atoms with van der Waals surface area (Å²) in [6, 6.07) is 6.63. The number of H-pyrrole nitrogens is 2. The fourth-order valence-electron chi connectivity index (χ4n) is 6.11. The van der Waals surface area contributed by atoms with E-state index in [1.54, 1.807) is 11.9 Å². The molecule has 0 fully saturated rings. The summed E-state index contributed by atoms with van der Waals surface area (Å²) >= 11 is 5.42. The van der Waals surface area contributed by atoms with E-state index in [0.29, 0.717) is 51.2 Å². The number of allylic oxidation sites excluding steroid dienone is 1. The molecule has 8 bridgehead atoms. The lowest BCUT2D eigenvalue weighted by Crippen LogP contribution is -2.29. The van der Waals surface area contributed by atoms with E-state index >= 15 is 0 Å². The van der Waals surface area contributed by atoms with Gasteiger partial charge in [-0.3, -0.25) is 9.78 Å². The van der Waals surface area contributed by atoms with E-state index < -0.39 is 0 Å². The molecular formula is C39H52ClN5O3. The molecule has 1 unspecified atom stereocenters. The van der Waals surface area contributed by atoms with Gasteiger partial charge in [0.15, 0.2) is 0 Å². The third-order valence-electron chi connectivity index (χ3n) is 9.21. The molecule has 3 aromatic heterocycles. The Hall–Kier alpha value is -3.72. The predicted octanol–water partition coefficient (Wildman–Crippen LogP) is 8.48. The van der Waals surface area contributed by atoms with Crippen LogP contribution in [0, 0.1) is 20.8 Å². The molecule has 1 atom stereocenters. The SMILES string of the molecule is C=Cc1c(C)c2cc3nc(c(C)c4nc(cc5[nH]c(cc1[nH]2)c(C)c5CC)C(C)=C4)CC3C.CCC(=O)N(C)CCOCCOCCCl. The van der Waals surface area contributed by atoms with Gasteiger partial charge < -0.3 is 24.3 Å². The van der Waals surface area contributed by atoms with Gasteiger partial charge in [0.1, 0.15) is 0 Å². The number of amides is 1. The third-order valence-corrected chi connectivity index (χ3v) is 9.37. The number of aromatic amines is 2. The van der Waals surface area contributed by atoms with Crippen LogP contribution < -0.4 is 0 Å². The molecule has 2 aliphatic rings. The van der Waals surface area contributed by atoms with E-state index in [4.69, 9.17) is 31.0 Å². The second-order valence-corrected chi connectivity index (χ2v) is 12.9. The molecule has 3 aromatic rings. The van der Waals surface area contributed by atoms with Crippen LogP contribution in [0.15, 0.2) is 24.8 Å². The predicted molar refractivity (Wildman–Crippen MR) is 201 cm³/mol. The first-order valence-corrected chi connectivity index (χ1v) is 17.5. The Bertz CT molecular complexity index is 1820. The monoisotopic (exact) mass is 673 g/mol. The maximum absolute atomic E-state index is 11.1. The zero-order chi connectivity index (χ0) is 35.0. The summed E-state index contributed by atoms with van der Waals surface area (Å²) in [7, 11) is 1.78. The number of alkyl halides is 1. The zero-order valence-electron chi connectivity index (χ0n) is 30.0. The number of hydrogen-bond acceptors (Lipinski definition) is 5. The fourth-order valence-corrected chi connectivity index (χ4v) is 6.22. The molecular weight excluding hydrogens is 622 g/mol. The van der Waals surface area contributed by atoms with Crippen molar-refractivity contribution in [1.82, 2.24) is 24.8 Å². The molecule has 258 valence electrons. The van der Waals surface area contributed by atoms with Crippen LogP contribution in [-0.2, 0) is 27.1 Å². The van der Waals surface area contributed by atoms with Gasteiger partial charge in [0.25, 0.3) is 0 Å². The molecule has 2 N–H and O–H groups in total. The molecule has 1 amide bonds. The van der Waals surface area contributed by atoms with Gasteiger partial charge in [-0.1, -0.05) is 33.4 Å². The van der Waals surface area contributed by atoms with Crippen LogP contribution in [0.2, 0.25) is 0 Å². The summed E-state index contributed by atoms with van der Waals surface area (Å²) in [6.07, 6.45) is 6.58. The molecule has 5 rings (SSSR count). The molecule has 0 radical (unpaired) electrons. The summed E-state index contributed by atoms with van der Waals surface area (Å²) in [5.41, 5.74) is 16.0. The summed E-state index contributed by atoms with van der Waals surface area (Å²) in [5, 5.41) is 0. The van der Waals surface area contributed by atoms with E-state index in [-0.39, 0.29) is 5.91 Å². The molecule has 5 heterocycles. The van der Waals surface area contributed by atoms with Gasteiger partial charge in [-0.05, 0) is 92.6 Å². The number of fused-ring (bicyclic) bond motifs is 8. The first-order valence-electron chi connectivity index (χ1n) is 17.0. The van der Waals surface area contributed by atoms with Crippen molar-refractivity contribution in [2.24, 2.45) is 0 Å². The van der Waals surface area contributed by atoms with Crippen LogP contribution in [-0.4, -0.2) is 76.6 Å². The Morgan fingerprint density at radius 1 is 0.958 bits per heavy atom. The first kappa shape index (κ1) is 37.1. The van der Waals surface area contributed by atoms with E-state index in [1.165, 1.54) is 27.8 Å². The lowest BCUT2D eigenvalue weighted by Gasteiger charge is -2.15. The normalized spacial score (nSPS) is 13.9. The largest absolute Gasteiger partial charge is 0.378 e. The standard InChI is InChI=1S/C29H32N4.C10H20ClNO3/c1-8-20-18(6)27-14-29-21(9-2)17(5)26(32-29)12-22-15(3)10-24(30-22)19(7)25-11-16(4)23(31-25)13-28(20)33-27;1-3-10(13)12(2)5-7-15-9-8-14-6-4-11/h9,11-15,32-33H,2,8,10H2,1,3-7H3;3-9H2,1-2H3. The minimum atomic E-state index is 0.136. The molecule has 0 saturated heterocycles. The van der Waals surface area contributed by atoms with Gasteiger partial charge in [-0.15, -0.1) is 11.6 Å². The second-order valence-electron chi connectivity index (χ2n) is 12.5. The highest BCUT2D eigenvalue weighted by molar-refractivity contribution is 6.17. The Morgan fingerprint density at radius 2 is 1.65 bits per heavy atom. The van der Waals surface area contributed by atoms with Crippen molar-refractivity contribution in [1.29, 1.82) is 0 Å². The Labute approximate surface area is 290 Å². The average Bonchev–Trinajstić information content (AvgIpc) is 3.79. The number of nitrogens with one attached hydrogen (secondary N) is 2. The van der Waals surface area contributed by atoms with Crippen molar-refractivity contribution in [2.75, 3.05) is 45.9 Å². The molecule has 9 heteroatoms. The van der Waals surface area contributed by atoms with Crippen LogP contribution in [0.1, 0.15) is 90.6 Å². The zero-order valence-corrected chi connectivity index (χ0v) is 30.7. The van der Waals surface area contributed by atoms with Crippen molar-refractivity contribution in [2.45, 2.75) is 73.6 Å². The summed E-state index contributed by atoms with van der Waals surface area (Å²) in [6.45, 7) is 21.9. The molecule has 0 aromatic carbocycles. The highest BCUT2D eigenvalue weighted by Gasteiger charge is 2.20. The van der Waals surface area contributed by atoms with Gasteiger partial charge in [-0.2, -0.15) is 0 Å².